The highest BCUT2D eigenvalue weighted by Gasteiger charge is 2.11. The minimum Gasteiger partial charge on any atom is -0.423 e. The van der Waals surface area contributed by atoms with Crippen molar-refractivity contribution >= 4 is 48.4 Å². The Hall–Kier alpha value is -2.65. The van der Waals surface area contributed by atoms with E-state index in [-0.39, 0.29) is 11.8 Å². The average molecular weight is 440 g/mol. The van der Waals surface area contributed by atoms with E-state index in [0.717, 1.165) is 38.5 Å². The molecule has 8 nitrogen and oxygen atoms in total. The van der Waals surface area contributed by atoms with Crippen LogP contribution in [0.5, 0.6) is 0 Å². The van der Waals surface area contributed by atoms with E-state index in [9.17, 15) is 9.59 Å². The lowest BCUT2D eigenvalue weighted by molar-refractivity contribution is -0.117. The van der Waals surface area contributed by atoms with Crippen LogP contribution in [0.4, 0.5) is 11.4 Å². The highest BCUT2D eigenvalue weighted by atomic mass is 16.4. The van der Waals surface area contributed by atoms with Crippen LogP contribution < -0.4 is 21.6 Å². The van der Waals surface area contributed by atoms with Gasteiger partial charge >= 0.3 is 14.2 Å². The van der Waals surface area contributed by atoms with Crippen LogP contribution in [0.25, 0.3) is 0 Å². The second-order valence-electron chi connectivity index (χ2n) is 7.71. The summed E-state index contributed by atoms with van der Waals surface area (Å²) in [5.41, 5.74) is 2.00. The molecule has 2 aromatic rings. The monoisotopic (exact) mass is 440 g/mol. The van der Waals surface area contributed by atoms with Gasteiger partial charge in [0.2, 0.25) is 11.8 Å². The Morgan fingerprint density at radius 3 is 1.19 bits per heavy atom. The fourth-order valence-electron chi connectivity index (χ4n) is 3.20. The molecule has 0 aromatic heterocycles. The van der Waals surface area contributed by atoms with Crippen molar-refractivity contribution in [1.29, 1.82) is 0 Å². The molecule has 0 aliphatic rings. The SMILES string of the molecule is O=C(CCCCCCCCC(=O)Nc1ccc(B(O)O)cc1)Nc1ccc(B(O)O)cc1. The van der Waals surface area contributed by atoms with Crippen molar-refractivity contribution in [3.05, 3.63) is 48.5 Å². The van der Waals surface area contributed by atoms with Gasteiger partial charge in [0, 0.05) is 24.2 Å². The third-order valence-electron chi connectivity index (χ3n) is 5.04. The first-order valence-corrected chi connectivity index (χ1v) is 10.9. The first-order chi connectivity index (χ1) is 15.3. The van der Waals surface area contributed by atoms with Gasteiger partial charge in [-0.3, -0.25) is 9.59 Å². The summed E-state index contributed by atoms with van der Waals surface area (Å²) in [4.78, 5) is 23.9. The molecular formula is C22H30B2N2O6. The van der Waals surface area contributed by atoms with E-state index >= 15 is 0 Å². The number of rotatable bonds is 13. The summed E-state index contributed by atoms with van der Waals surface area (Å²) in [5.74, 6) is -0.138. The van der Waals surface area contributed by atoms with Crippen LogP contribution >= 0.6 is 0 Å². The number of unbranched alkanes of at least 4 members (excludes halogenated alkanes) is 5. The van der Waals surface area contributed by atoms with Crippen LogP contribution in [0.15, 0.2) is 48.5 Å². The number of amides is 2. The van der Waals surface area contributed by atoms with Crippen LogP contribution in [0.1, 0.15) is 51.4 Å². The molecule has 6 N–H and O–H groups in total. The lowest BCUT2D eigenvalue weighted by Crippen LogP contribution is -2.29. The van der Waals surface area contributed by atoms with E-state index < -0.39 is 14.2 Å². The third-order valence-corrected chi connectivity index (χ3v) is 5.04. The quantitative estimate of drug-likeness (QED) is 0.201. The molecule has 170 valence electrons. The van der Waals surface area contributed by atoms with Gasteiger partial charge in [0.15, 0.2) is 0 Å². The van der Waals surface area contributed by atoms with Gasteiger partial charge in [-0.25, -0.2) is 0 Å². The standard InChI is InChI=1S/C22H30B2N2O6/c27-21(25-19-13-9-17(10-14-19)23(29)30)7-5-3-1-2-4-6-8-22(28)26-20-15-11-18(12-16-20)24(31)32/h9-16,29-32H,1-8H2,(H,25,27)(H,26,28). The molecule has 0 spiro atoms. The first-order valence-electron chi connectivity index (χ1n) is 10.9. The highest BCUT2D eigenvalue weighted by Crippen LogP contribution is 2.12. The lowest BCUT2D eigenvalue weighted by Gasteiger charge is -2.07. The predicted molar refractivity (Wildman–Crippen MR) is 127 cm³/mol. The normalized spacial score (nSPS) is 10.5. The van der Waals surface area contributed by atoms with Crippen molar-refractivity contribution < 1.29 is 29.7 Å². The molecule has 2 amide bonds. The van der Waals surface area contributed by atoms with Gasteiger partial charge in [0.05, 0.1) is 0 Å². The van der Waals surface area contributed by atoms with E-state index in [1.807, 2.05) is 0 Å². The second kappa shape index (κ2) is 13.7. The van der Waals surface area contributed by atoms with E-state index in [1.165, 1.54) is 0 Å². The Morgan fingerprint density at radius 1 is 0.562 bits per heavy atom. The zero-order chi connectivity index (χ0) is 23.3. The van der Waals surface area contributed by atoms with Gasteiger partial charge < -0.3 is 30.7 Å². The maximum atomic E-state index is 12.0. The third kappa shape index (κ3) is 9.65. The molecule has 2 rings (SSSR count). The number of hydrogen-bond acceptors (Lipinski definition) is 6. The van der Waals surface area contributed by atoms with Crippen LogP contribution in [0.2, 0.25) is 0 Å². The lowest BCUT2D eigenvalue weighted by atomic mass is 9.80. The van der Waals surface area contributed by atoms with Gasteiger partial charge in [-0.2, -0.15) is 0 Å². The Morgan fingerprint density at radius 2 is 0.875 bits per heavy atom. The molecule has 0 radical (unpaired) electrons. The number of nitrogens with one attached hydrogen (secondary N) is 2. The Kier molecular flexibility index (Phi) is 11.0. The minimum atomic E-state index is -1.52. The molecule has 10 heteroatoms. The first kappa shape index (κ1) is 25.6. The van der Waals surface area contributed by atoms with Crippen LogP contribution in [0, 0.1) is 0 Å². The van der Waals surface area contributed by atoms with Crippen LogP contribution in [0.3, 0.4) is 0 Å². The average Bonchev–Trinajstić information content (AvgIpc) is 2.76. The Labute approximate surface area is 189 Å². The molecule has 2 aromatic carbocycles. The number of carbonyl (C=O) groups is 2. The number of hydrogen-bond donors (Lipinski definition) is 6. The summed E-state index contributed by atoms with van der Waals surface area (Å²) in [6.45, 7) is 0. The van der Waals surface area contributed by atoms with E-state index in [0.29, 0.717) is 35.1 Å². The summed E-state index contributed by atoms with van der Waals surface area (Å²) in [6, 6.07) is 12.8. The Balaban J connectivity index is 1.49. The predicted octanol–water partition coefficient (Wildman–Crippen LogP) is 0.744. The molecule has 0 fully saturated rings. The van der Waals surface area contributed by atoms with Gasteiger partial charge in [-0.15, -0.1) is 0 Å². The van der Waals surface area contributed by atoms with Gasteiger partial charge in [0.1, 0.15) is 0 Å². The van der Waals surface area contributed by atoms with Crippen molar-refractivity contribution in [1.82, 2.24) is 0 Å². The molecule has 0 aliphatic heterocycles. The van der Waals surface area contributed by atoms with E-state index in [1.54, 1.807) is 48.5 Å². The maximum absolute atomic E-state index is 12.0. The fraction of sp³-hybridized carbons (Fsp3) is 0.364. The fourth-order valence-corrected chi connectivity index (χ4v) is 3.20. The number of benzene rings is 2. The molecular weight excluding hydrogens is 410 g/mol. The minimum absolute atomic E-state index is 0.0690. The largest absolute Gasteiger partial charge is 0.488 e. The molecule has 0 saturated carbocycles. The molecule has 0 atom stereocenters. The topological polar surface area (TPSA) is 139 Å². The van der Waals surface area contributed by atoms with Crippen LogP contribution in [-0.4, -0.2) is 46.1 Å². The van der Waals surface area contributed by atoms with Gasteiger partial charge in [-0.1, -0.05) is 49.9 Å². The number of carbonyl (C=O) groups excluding carboxylic acids is 2. The highest BCUT2D eigenvalue weighted by molar-refractivity contribution is 6.58. The molecule has 32 heavy (non-hydrogen) atoms. The molecule has 0 saturated heterocycles. The van der Waals surface area contributed by atoms with Crippen molar-refractivity contribution in [2.24, 2.45) is 0 Å². The van der Waals surface area contributed by atoms with Crippen LogP contribution in [-0.2, 0) is 9.59 Å². The Bertz CT molecular complexity index is 773. The van der Waals surface area contributed by atoms with Crippen molar-refractivity contribution in [3.8, 4) is 0 Å². The molecule has 0 bridgehead atoms. The van der Waals surface area contributed by atoms with E-state index in [4.69, 9.17) is 20.1 Å². The molecule has 0 unspecified atom stereocenters. The summed E-state index contributed by atoms with van der Waals surface area (Å²) in [6.07, 6.45) is 6.33. The zero-order valence-electron chi connectivity index (χ0n) is 18.0. The molecule has 0 aliphatic carbocycles. The smallest absolute Gasteiger partial charge is 0.423 e. The van der Waals surface area contributed by atoms with E-state index in [2.05, 4.69) is 10.6 Å². The van der Waals surface area contributed by atoms with Gasteiger partial charge in [-0.05, 0) is 48.0 Å². The molecule has 0 heterocycles. The zero-order valence-corrected chi connectivity index (χ0v) is 18.0. The summed E-state index contributed by atoms with van der Waals surface area (Å²) < 4.78 is 0. The van der Waals surface area contributed by atoms with Crippen molar-refractivity contribution in [2.45, 2.75) is 51.4 Å². The van der Waals surface area contributed by atoms with Crippen molar-refractivity contribution in [3.63, 3.8) is 0 Å². The summed E-state index contributed by atoms with van der Waals surface area (Å²) >= 11 is 0. The number of anilines is 2. The summed E-state index contributed by atoms with van der Waals surface area (Å²) in [7, 11) is -3.04. The van der Waals surface area contributed by atoms with Crippen molar-refractivity contribution in [2.75, 3.05) is 10.6 Å². The summed E-state index contributed by atoms with van der Waals surface area (Å²) in [5, 5.41) is 41.8. The van der Waals surface area contributed by atoms with Gasteiger partial charge in [0.25, 0.3) is 0 Å². The second-order valence-corrected chi connectivity index (χ2v) is 7.71. The maximum Gasteiger partial charge on any atom is 0.488 e.